The van der Waals surface area contributed by atoms with Crippen molar-refractivity contribution in [2.75, 3.05) is 6.61 Å². The van der Waals surface area contributed by atoms with Crippen LogP contribution in [0.4, 0.5) is 0 Å². The van der Waals surface area contributed by atoms with E-state index in [1.165, 1.54) is 11.8 Å². The summed E-state index contributed by atoms with van der Waals surface area (Å²) in [5, 5.41) is 19.7. The number of rotatable bonds is 4. The highest BCUT2D eigenvalue weighted by atomic mass is 32.2. The minimum absolute atomic E-state index is 0.00371. The molecule has 1 heterocycles. The van der Waals surface area contributed by atoms with E-state index in [2.05, 4.69) is 4.98 Å². The van der Waals surface area contributed by atoms with Crippen molar-refractivity contribution in [3.63, 3.8) is 0 Å². The Balaban J connectivity index is 2.23. The third kappa shape index (κ3) is 3.03. The van der Waals surface area contributed by atoms with Crippen LogP contribution in [-0.2, 0) is 0 Å². The Bertz CT molecular complexity index is 516. The molecule has 1 atom stereocenters. The SMILES string of the molecule is Cc1ccc(O)c(SC(CO)c2ccccc2)n1. The molecule has 4 heteroatoms. The van der Waals surface area contributed by atoms with Gasteiger partial charge in [0.1, 0.15) is 10.8 Å². The van der Waals surface area contributed by atoms with Crippen LogP contribution in [0.2, 0.25) is 0 Å². The van der Waals surface area contributed by atoms with Crippen LogP contribution in [-0.4, -0.2) is 21.8 Å². The lowest BCUT2D eigenvalue weighted by Crippen LogP contribution is -2.00. The van der Waals surface area contributed by atoms with Crippen molar-refractivity contribution in [2.24, 2.45) is 0 Å². The molecule has 1 aromatic heterocycles. The standard InChI is InChI=1S/C14H15NO2S/c1-10-7-8-12(17)14(15-10)18-13(9-16)11-5-3-2-4-6-11/h2-8,13,16-17H,9H2,1H3. The number of benzene rings is 1. The summed E-state index contributed by atoms with van der Waals surface area (Å²) in [6.45, 7) is 1.88. The second kappa shape index (κ2) is 5.89. The van der Waals surface area contributed by atoms with Gasteiger partial charge in [0.25, 0.3) is 0 Å². The van der Waals surface area contributed by atoms with E-state index in [1.807, 2.05) is 37.3 Å². The van der Waals surface area contributed by atoms with Crippen LogP contribution in [0, 0.1) is 6.92 Å². The number of aromatic hydroxyl groups is 1. The highest BCUT2D eigenvalue weighted by Crippen LogP contribution is 2.37. The lowest BCUT2D eigenvalue weighted by Gasteiger charge is -2.14. The zero-order valence-electron chi connectivity index (χ0n) is 10.1. The molecule has 18 heavy (non-hydrogen) atoms. The Labute approximate surface area is 111 Å². The monoisotopic (exact) mass is 261 g/mol. The average Bonchev–Trinajstić information content (AvgIpc) is 2.41. The summed E-state index contributed by atoms with van der Waals surface area (Å²) in [6, 6.07) is 13.1. The number of hydrogen-bond donors (Lipinski definition) is 2. The maximum absolute atomic E-state index is 9.76. The molecule has 0 spiro atoms. The summed E-state index contributed by atoms with van der Waals surface area (Å²) >= 11 is 1.37. The van der Waals surface area contributed by atoms with E-state index in [9.17, 15) is 10.2 Å². The van der Waals surface area contributed by atoms with Crippen LogP contribution in [0.3, 0.4) is 0 Å². The van der Waals surface area contributed by atoms with Crippen molar-refractivity contribution in [1.29, 1.82) is 0 Å². The fraction of sp³-hybridized carbons (Fsp3) is 0.214. The molecule has 2 N–H and O–H groups in total. The molecule has 2 aromatic rings. The second-order valence-electron chi connectivity index (χ2n) is 3.98. The zero-order valence-corrected chi connectivity index (χ0v) is 10.9. The molecule has 0 saturated carbocycles. The summed E-state index contributed by atoms with van der Waals surface area (Å²) in [7, 11) is 0. The van der Waals surface area contributed by atoms with E-state index in [0.717, 1.165) is 11.3 Å². The highest BCUT2D eigenvalue weighted by Gasteiger charge is 2.15. The quantitative estimate of drug-likeness (QED) is 0.831. The van der Waals surface area contributed by atoms with Crippen molar-refractivity contribution in [3.05, 3.63) is 53.7 Å². The predicted molar refractivity (Wildman–Crippen MR) is 72.8 cm³/mol. The van der Waals surface area contributed by atoms with Gasteiger partial charge < -0.3 is 10.2 Å². The molecule has 94 valence electrons. The van der Waals surface area contributed by atoms with Gasteiger partial charge in [-0.3, -0.25) is 0 Å². The summed E-state index contributed by atoms with van der Waals surface area (Å²) in [6.07, 6.45) is 0. The number of aliphatic hydroxyl groups excluding tert-OH is 1. The smallest absolute Gasteiger partial charge is 0.147 e. The van der Waals surface area contributed by atoms with Gasteiger partial charge >= 0.3 is 0 Å². The van der Waals surface area contributed by atoms with Crippen molar-refractivity contribution < 1.29 is 10.2 Å². The summed E-state index contributed by atoms with van der Waals surface area (Å²) in [5.41, 5.74) is 1.87. The van der Waals surface area contributed by atoms with Gasteiger partial charge in [-0.2, -0.15) is 0 Å². The zero-order chi connectivity index (χ0) is 13.0. The van der Waals surface area contributed by atoms with E-state index >= 15 is 0 Å². The Kier molecular flexibility index (Phi) is 4.23. The summed E-state index contributed by atoms with van der Waals surface area (Å²) in [4.78, 5) is 4.29. The first-order valence-corrected chi connectivity index (χ1v) is 6.57. The molecule has 0 fully saturated rings. The van der Waals surface area contributed by atoms with Gasteiger partial charge in [0.05, 0.1) is 11.9 Å². The Morgan fingerprint density at radius 1 is 1.17 bits per heavy atom. The summed E-state index contributed by atoms with van der Waals surface area (Å²) < 4.78 is 0. The van der Waals surface area contributed by atoms with Gasteiger partial charge in [0, 0.05) is 5.69 Å². The highest BCUT2D eigenvalue weighted by molar-refractivity contribution is 7.99. The summed E-state index contributed by atoms with van der Waals surface area (Å²) in [5.74, 6) is 0.153. The molecule has 2 rings (SSSR count). The van der Waals surface area contributed by atoms with Crippen LogP contribution >= 0.6 is 11.8 Å². The third-order valence-corrected chi connectivity index (χ3v) is 3.80. The largest absolute Gasteiger partial charge is 0.505 e. The molecule has 0 aliphatic heterocycles. The van der Waals surface area contributed by atoms with Crippen molar-refractivity contribution in [1.82, 2.24) is 4.98 Å². The predicted octanol–water partition coefficient (Wildman–Crippen LogP) is 2.92. The lowest BCUT2D eigenvalue weighted by molar-refractivity contribution is 0.296. The number of thioether (sulfide) groups is 1. The fourth-order valence-electron chi connectivity index (χ4n) is 1.63. The van der Waals surface area contributed by atoms with E-state index in [1.54, 1.807) is 12.1 Å². The van der Waals surface area contributed by atoms with E-state index in [-0.39, 0.29) is 17.6 Å². The molecule has 0 bridgehead atoms. The topological polar surface area (TPSA) is 53.4 Å². The van der Waals surface area contributed by atoms with Crippen LogP contribution in [0.5, 0.6) is 5.75 Å². The van der Waals surface area contributed by atoms with E-state index in [4.69, 9.17) is 0 Å². The normalized spacial score (nSPS) is 12.3. The Morgan fingerprint density at radius 3 is 2.56 bits per heavy atom. The average molecular weight is 261 g/mol. The van der Waals surface area contributed by atoms with Gasteiger partial charge in [-0.25, -0.2) is 4.98 Å². The third-order valence-electron chi connectivity index (χ3n) is 2.57. The van der Waals surface area contributed by atoms with Gasteiger partial charge in [-0.05, 0) is 24.6 Å². The molecular formula is C14H15NO2S. The number of aliphatic hydroxyl groups is 1. The van der Waals surface area contributed by atoms with E-state index < -0.39 is 0 Å². The van der Waals surface area contributed by atoms with Crippen molar-refractivity contribution in [3.8, 4) is 5.75 Å². The molecule has 3 nitrogen and oxygen atoms in total. The Morgan fingerprint density at radius 2 is 1.89 bits per heavy atom. The van der Waals surface area contributed by atoms with Crippen LogP contribution in [0.15, 0.2) is 47.5 Å². The maximum atomic E-state index is 9.76. The maximum Gasteiger partial charge on any atom is 0.147 e. The molecule has 0 aliphatic rings. The number of pyridine rings is 1. The first-order valence-electron chi connectivity index (χ1n) is 5.70. The van der Waals surface area contributed by atoms with Gasteiger partial charge in [0.15, 0.2) is 0 Å². The van der Waals surface area contributed by atoms with Crippen LogP contribution in [0.25, 0.3) is 0 Å². The van der Waals surface area contributed by atoms with Gasteiger partial charge in [-0.15, -0.1) is 0 Å². The van der Waals surface area contributed by atoms with E-state index in [0.29, 0.717) is 5.03 Å². The molecule has 1 unspecified atom stereocenters. The minimum Gasteiger partial charge on any atom is -0.505 e. The van der Waals surface area contributed by atoms with Crippen molar-refractivity contribution in [2.45, 2.75) is 17.2 Å². The molecule has 0 amide bonds. The van der Waals surface area contributed by atoms with Crippen LogP contribution in [0.1, 0.15) is 16.5 Å². The number of aryl methyl sites for hydroxylation is 1. The first kappa shape index (κ1) is 12.9. The number of nitrogens with zero attached hydrogens (tertiary/aromatic N) is 1. The number of hydrogen-bond acceptors (Lipinski definition) is 4. The fourth-order valence-corrected chi connectivity index (χ4v) is 2.65. The molecule has 0 saturated heterocycles. The van der Waals surface area contributed by atoms with Crippen molar-refractivity contribution >= 4 is 11.8 Å². The first-order chi connectivity index (χ1) is 8.70. The molecule has 0 radical (unpaired) electrons. The molecule has 0 aliphatic carbocycles. The lowest BCUT2D eigenvalue weighted by atomic mass is 10.2. The molecular weight excluding hydrogens is 246 g/mol. The number of aromatic nitrogens is 1. The Hall–Kier alpha value is -1.52. The van der Waals surface area contributed by atoms with Gasteiger partial charge in [0.2, 0.25) is 0 Å². The van der Waals surface area contributed by atoms with Gasteiger partial charge in [-0.1, -0.05) is 42.1 Å². The molecule has 1 aromatic carbocycles. The van der Waals surface area contributed by atoms with Crippen LogP contribution < -0.4 is 0 Å². The minimum atomic E-state index is -0.119. The second-order valence-corrected chi connectivity index (χ2v) is 5.17.